The first kappa shape index (κ1) is 25.8. The molecular formula is C25H27ClF4N2. The molecule has 32 heavy (non-hydrogen) atoms. The molecule has 0 amide bonds. The summed E-state index contributed by atoms with van der Waals surface area (Å²) in [4.78, 5) is 4.18. The van der Waals surface area contributed by atoms with Crippen molar-refractivity contribution in [3.05, 3.63) is 100 Å². The van der Waals surface area contributed by atoms with Crippen LogP contribution in [0.15, 0.2) is 66.9 Å². The molecule has 1 unspecified atom stereocenters. The molecule has 2 nitrogen and oxygen atoms in total. The summed E-state index contributed by atoms with van der Waals surface area (Å²) in [5, 5.41) is 3.61. The Morgan fingerprint density at radius 3 is 2.22 bits per heavy atom. The van der Waals surface area contributed by atoms with E-state index in [1.807, 2.05) is 32.0 Å². The van der Waals surface area contributed by atoms with Gasteiger partial charge in [0.25, 0.3) is 0 Å². The van der Waals surface area contributed by atoms with Gasteiger partial charge in [-0.25, -0.2) is 4.39 Å². The largest absolute Gasteiger partial charge is 0.416 e. The minimum Gasteiger partial charge on any atom is -0.305 e. The number of rotatable bonds is 6. The molecule has 0 aliphatic carbocycles. The zero-order chi connectivity index (χ0) is 23.7. The second-order valence-electron chi connectivity index (χ2n) is 7.68. The minimum absolute atomic E-state index is 0.172. The van der Waals surface area contributed by atoms with E-state index in [0.29, 0.717) is 29.2 Å². The molecule has 0 saturated heterocycles. The smallest absolute Gasteiger partial charge is 0.305 e. The first-order valence-corrected chi connectivity index (χ1v) is 10.7. The van der Waals surface area contributed by atoms with Crippen LogP contribution in [0.5, 0.6) is 0 Å². The Kier molecular flexibility index (Phi) is 9.66. The number of alkyl halides is 3. The highest BCUT2D eigenvalue weighted by Gasteiger charge is 2.32. The quantitative estimate of drug-likeness (QED) is 0.378. The second-order valence-corrected chi connectivity index (χ2v) is 8.12. The zero-order valence-electron chi connectivity index (χ0n) is 18.3. The van der Waals surface area contributed by atoms with Crippen molar-refractivity contribution in [2.45, 2.75) is 39.4 Å². The topological polar surface area (TPSA) is 24.9 Å². The van der Waals surface area contributed by atoms with Gasteiger partial charge in [0.15, 0.2) is 0 Å². The van der Waals surface area contributed by atoms with Crippen LogP contribution in [0.2, 0.25) is 5.02 Å². The van der Waals surface area contributed by atoms with Crippen molar-refractivity contribution in [1.82, 2.24) is 10.3 Å². The Hall–Kier alpha value is -2.44. The van der Waals surface area contributed by atoms with E-state index in [-0.39, 0.29) is 5.56 Å². The van der Waals surface area contributed by atoms with Crippen LogP contribution in [0.4, 0.5) is 17.6 Å². The molecule has 1 heterocycles. The number of nitrogens with zero attached hydrogens (tertiary/aromatic N) is 1. The maximum Gasteiger partial charge on any atom is 0.416 e. The van der Waals surface area contributed by atoms with Crippen molar-refractivity contribution in [3.8, 4) is 0 Å². The van der Waals surface area contributed by atoms with E-state index in [2.05, 4.69) is 29.4 Å². The Bertz CT molecular complexity index is 960. The van der Waals surface area contributed by atoms with E-state index in [9.17, 15) is 17.6 Å². The second kappa shape index (κ2) is 12.0. The van der Waals surface area contributed by atoms with Gasteiger partial charge in [-0.3, -0.25) is 4.98 Å². The highest BCUT2D eigenvalue weighted by molar-refractivity contribution is 6.30. The van der Waals surface area contributed by atoms with E-state index in [1.165, 1.54) is 11.8 Å². The van der Waals surface area contributed by atoms with Crippen LogP contribution in [0, 0.1) is 18.7 Å². The van der Waals surface area contributed by atoms with Gasteiger partial charge in [0, 0.05) is 6.20 Å². The normalized spacial score (nSPS) is 13.1. The highest BCUT2D eigenvalue weighted by Crippen LogP contribution is 2.33. The van der Waals surface area contributed by atoms with Crippen molar-refractivity contribution in [1.29, 1.82) is 0 Å². The van der Waals surface area contributed by atoms with Crippen molar-refractivity contribution in [2.75, 3.05) is 6.54 Å². The van der Waals surface area contributed by atoms with Crippen LogP contribution in [-0.4, -0.2) is 11.5 Å². The third kappa shape index (κ3) is 8.24. The van der Waals surface area contributed by atoms with Gasteiger partial charge in [0.1, 0.15) is 5.82 Å². The average Bonchev–Trinajstić information content (AvgIpc) is 2.75. The van der Waals surface area contributed by atoms with Crippen LogP contribution in [-0.2, 0) is 6.18 Å². The monoisotopic (exact) mass is 466 g/mol. The molecule has 172 valence electrons. The SMILES string of the molecule is CCC(C)CN[C@@H](c1cc(F)cc(C(F)(F)F)c1)c1ccc(Cl)cn1.Cc1ccccc1. The molecule has 0 saturated carbocycles. The van der Waals surface area contributed by atoms with Gasteiger partial charge in [0.2, 0.25) is 0 Å². The molecule has 1 aromatic heterocycles. The fourth-order valence-electron chi connectivity index (χ4n) is 2.89. The molecule has 2 aromatic carbocycles. The Morgan fingerprint density at radius 2 is 1.72 bits per heavy atom. The van der Waals surface area contributed by atoms with Gasteiger partial charge in [-0.05, 0) is 55.3 Å². The predicted octanol–water partition coefficient (Wildman–Crippen LogP) is 7.61. The zero-order valence-corrected chi connectivity index (χ0v) is 19.0. The van der Waals surface area contributed by atoms with Crippen molar-refractivity contribution < 1.29 is 17.6 Å². The van der Waals surface area contributed by atoms with Gasteiger partial charge in [-0.2, -0.15) is 13.2 Å². The van der Waals surface area contributed by atoms with Crippen molar-refractivity contribution in [3.63, 3.8) is 0 Å². The van der Waals surface area contributed by atoms with Gasteiger partial charge in [-0.15, -0.1) is 0 Å². The van der Waals surface area contributed by atoms with Gasteiger partial charge in [-0.1, -0.05) is 67.8 Å². The first-order chi connectivity index (χ1) is 15.1. The number of aryl methyl sites for hydroxylation is 1. The van der Waals surface area contributed by atoms with Gasteiger partial charge in [0.05, 0.1) is 22.3 Å². The van der Waals surface area contributed by atoms with E-state index >= 15 is 0 Å². The van der Waals surface area contributed by atoms with E-state index in [0.717, 1.165) is 18.6 Å². The number of nitrogens with one attached hydrogen (secondary N) is 1. The highest BCUT2D eigenvalue weighted by atomic mass is 35.5. The van der Waals surface area contributed by atoms with Crippen LogP contribution in [0.1, 0.15) is 48.7 Å². The van der Waals surface area contributed by atoms with Crippen LogP contribution < -0.4 is 5.32 Å². The summed E-state index contributed by atoms with van der Waals surface area (Å²) in [5.74, 6) is -0.625. The van der Waals surface area contributed by atoms with Crippen LogP contribution in [0.3, 0.4) is 0 Å². The lowest BCUT2D eigenvalue weighted by Crippen LogP contribution is -2.28. The number of halogens is 5. The molecule has 2 atom stereocenters. The molecule has 0 fully saturated rings. The van der Waals surface area contributed by atoms with Gasteiger partial charge >= 0.3 is 6.18 Å². The third-order valence-corrected chi connectivity index (χ3v) is 5.16. The Labute approximate surface area is 191 Å². The molecule has 0 bridgehead atoms. The number of benzene rings is 2. The molecule has 0 aliphatic heterocycles. The standard InChI is InChI=1S/C18H19ClF4N2.C7H8/c1-3-11(2)9-25-17(16-5-4-14(19)10-24-16)12-6-13(18(21,22)23)8-15(20)7-12;1-7-5-3-2-4-6-7/h4-8,10-11,17,25H,3,9H2,1-2H3;2-6H,1H3/t11?,17-;/m0./s1. The Balaban J connectivity index is 0.000000439. The first-order valence-electron chi connectivity index (χ1n) is 10.3. The number of pyridine rings is 1. The molecule has 0 radical (unpaired) electrons. The predicted molar refractivity (Wildman–Crippen MR) is 121 cm³/mol. The summed E-state index contributed by atoms with van der Waals surface area (Å²) >= 11 is 5.83. The van der Waals surface area contributed by atoms with E-state index < -0.39 is 23.6 Å². The summed E-state index contributed by atoms with van der Waals surface area (Å²) < 4.78 is 52.8. The fourth-order valence-corrected chi connectivity index (χ4v) is 3.00. The maximum absolute atomic E-state index is 13.8. The third-order valence-electron chi connectivity index (χ3n) is 4.93. The molecule has 7 heteroatoms. The van der Waals surface area contributed by atoms with E-state index in [4.69, 9.17) is 11.6 Å². The number of hydrogen-bond donors (Lipinski definition) is 1. The summed E-state index contributed by atoms with van der Waals surface area (Å²) in [7, 11) is 0. The lowest BCUT2D eigenvalue weighted by Gasteiger charge is -2.22. The summed E-state index contributed by atoms with van der Waals surface area (Å²) in [5.41, 5.74) is 0.950. The summed E-state index contributed by atoms with van der Waals surface area (Å²) in [6.07, 6.45) is -2.30. The summed E-state index contributed by atoms with van der Waals surface area (Å²) in [6.45, 7) is 6.68. The van der Waals surface area contributed by atoms with Crippen LogP contribution in [0.25, 0.3) is 0 Å². The molecule has 0 spiro atoms. The minimum atomic E-state index is -4.62. The number of hydrogen-bond acceptors (Lipinski definition) is 2. The molecule has 3 rings (SSSR count). The molecule has 3 aromatic rings. The maximum atomic E-state index is 13.8. The van der Waals surface area contributed by atoms with E-state index in [1.54, 1.807) is 12.1 Å². The Morgan fingerprint density at radius 1 is 1.03 bits per heavy atom. The van der Waals surface area contributed by atoms with Crippen molar-refractivity contribution in [2.24, 2.45) is 5.92 Å². The average molecular weight is 467 g/mol. The number of aromatic nitrogens is 1. The summed E-state index contributed by atoms with van der Waals surface area (Å²) in [6, 6.07) is 15.4. The fraction of sp³-hybridized carbons (Fsp3) is 0.320. The molecular weight excluding hydrogens is 440 g/mol. The van der Waals surface area contributed by atoms with Gasteiger partial charge < -0.3 is 5.32 Å². The molecule has 1 N–H and O–H groups in total. The van der Waals surface area contributed by atoms with Crippen LogP contribution >= 0.6 is 11.6 Å². The van der Waals surface area contributed by atoms with Crippen molar-refractivity contribution >= 4 is 11.6 Å². The lowest BCUT2D eigenvalue weighted by molar-refractivity contribution is -0.137. The molecule has 0 aliphatic rings. The lowest BCUT2D eigenvalue weighted by atomic mass is 9.99.